The van der Waals surface area contributed by atoms with Crippen molar-refractivity contribution in [3.63, 3.8) is 0 Å². The van der Waals surface area contributed by atoms with E-state index in [4.69, 9.17) is 0 Å². The molecule has 102 valence electrons. The highest BCUT2D eigenvalue weighted by atomic mass is 32.2. The second-order valence-corrected chi connectivity index (χ2v) is 5.85. The Morgan fingerprint density at radius 2 is 2.05 bits per heavy atom. The molecule has 1 aliphatic heterocycles. The summed E-state index contributed by atoms with van der Waals surface area (Å²) in [5.41, 5.74) is 1.81. The highest BCUT2D eigenvalue weighted by Gasteiger charge is 2.18. The number of amidine groups is 1. The van der Waals surface area contributed by atoms with Gasteiger partial charge in [-0.2, -0.15) is 0 Å². The summed E-state index contributed by atoms with van der Waals surface area (Å²) in [7, 11) is 0. The lowest BCUT2D eigenvalue weighted by molar-refractivity contribution is -0.114. The van der Waals surface area contributed by atoms with Gasteiger partial charge in [0.15, 0.2) is 5.17 Å². The number of hydrogen-bond acceptors (Lipinski definition) is 4. The van der Waals surface area contributed by atoms with Crippen molar-refractivity contribution in [3.8, 4) is 0 Å². The predicted molar refractivity (Wildman–Crippen MR) is 83.0 cm³/mol. The summed E-state index contributed by atoms with van der Waals surface area (Å²) in [5, 5.41) is 7.67. The molecule has 0 spiro atoms. The minimum Gasteiger partial charge on any atom is -0.335 e. The summed E-state index contributed by atoms with van der Waals surface area (Å²) in [6.07, 6.45) is 2.41. The first kappa shape index (κ1) is 13.9. The summed E-state index contributed by atoms with van der Waals surface area (Å²) >= 11 is 1.81. The van der Waals surface area contributed by atoms with Crippen LogP contribution in [-0.2, 0) is 4.79 Å². The monoisotopic (exact) mass is 277 g/mol. The molecule has 0 aromatic heterocycles. The molecule has 19 heavy (non-hydrogen) atoms. The van der Waals surface area contributed by atoms with Gasteiger partial charge in [0.1, 0.15) is 0 Å². The fourth-order valence-corrected chi connectivity index (χ4v) is 3.07. The molecule has 1 aliphatic rings. The van der Waals surface area contributed by atoms with Gasteiger partial charge in [0.25, 0.3) is 0 Å². The Bertz CT molecular complexity index is 470. The molecule has 2 N–H and O–H groups in total. The molecule has 0 aliphatic carbocycles. The average molecular weight is 277 g/mol. The maximum absolute atomic E-state index is 10.9. The van der Waals surface area contributed by atoms with Gasteiger partial charge in [-0.05, 0) is 30.7 Å². The van der Waals surface area contributed by atoms with E-state index < -0.39 is 0 Å². The van der Waals surface area contributed by atoms with E-state index in [9.17, 15) is 4.79 Å². The van der Waals surface area contributed by atoms with E-state index >= 15 is 0 Å². The Morgan fingerprint density at radius 1 is 1.37 bits per heavy atom. The van der Waals surface area contributed by atoms with Crippen molar-refractivity contribution >= 4 is 34.2 Å². The number of thioether (sulfide) groups is 1. The van der Waals surface area contributed by atoms with Gasteiger partial charge >= 0.3 is 0 Å². The third kappa shape index (κ3) is 4.28. The Hall–Kier alpha value is -1.49. The van der Waals surface area contributed by atoms with Crippen molar-refractivity contribution in [2.24, 2.45) is 4.99 Å². The molecule has 1 amide bonds. The normalized spacial score (nSPS) is 18.0. The number of nitrogens with one attached hydrogen (secondary N) is 2. The average Bonchev–Trinajstić information content (AvgIpc) is 2.79. The first-order valence-corrected chi connectivity index (χ1v) is 7.41. The van der Waals surface area contributed by atoms with Gasteiger partial charge in [-0.1, -0.05) is 25.1 Å². The number of amides is 1. The maximum atomic E-state index is 10.9. The number of carbonyl (C=O) groups is 1. The maximum Gasteiger partial charge on any atom is 0.221 e. The zero-order valence-corrected chi connectivity index (χ0v) is 12.1. The van der Waals surface area contributed by atoms with Crippen LogP contribution in [0.2, 0.25) is 0 Å². The summed E-state index contributed by atoms with van der Waals surface area (Å²) in [4.78, 5) is 15.4. The van der Waals surface area contributed by atoms with Crippen LogP contribution < -0.4 is 10.6 Å². The minimum absolute atomic E-state index is 0.0566. The molecular weight excluding hydrogens is 258 g/mol. The van der Waals surface area contributed by atoms with E-state index in [1.165, 1.54) is 19.8 Å². The highest BCUT2D eigenvalue weighted by molar-refractivity contribution is 8.15. The fraction of sp³-hybridized carbons (Fsp3) is 0.429. The molecule has 1 unspecified atom stereocenters. The second-order valence-electron chi connectivity index (χ2n) is 4.56. The van der Waals surface area contributed by atoms with Crippen molar-refractivity contribution in [3.05, 3.63) is 24.3 Å². The van der Waals surface area contributed by atoms with E-state index in [0.717, 1.165) is 23.1 Å². The van der Waals surface area contributed by atoms with E-state index in [1.54, 1.807) is 0 Å². The third-order valence-electron chi connectivity index (χ3n) is 2.78. The lowest BCUT2D eigenvalue weighted by atomic mass is 10.2. The van der Waals surface area contributed by atoms with Crippen molar-refractivity contribution in [2.45, 2.75) is 31.9 Å². The van der Waals surface area contributed by atoms with Crippen LogP contribution in [-0.4, -0.2) is 22.9 Å². The number of hydrogen-bond donors (Lipinski definition) is 2. The van der Waals surface area contributed by atoms with Crippen LogP contribution in [0.5, 0.6) is 0 Å². The lowest BCUT2D eigenvalue weighted by Crippen LogP contribution is -2.08. The Kier molecular flexibility index (Phi) is 4.85. The Labute approximate surface area is 118 Å². The molecular formula is C14H19N3OS. The highest BCUT2D eigenvalue weighted by Crippen LogP contribution is 2.26. The zero-order chi connectivity index (χ0) is 13.7. The molecule has 0 radical (unpaired) electrons. The van der Waals surface area contributed by atoms with Gasteiger partial charge in [-0.15, -0.1) is 0 Å². The molecule has 5 heteroatoms. The van der Waals surface area contributed by atoms with Crippen molar-refractivity contribution < 1.29 is 4.79 Å². The first-order chi connectivity index (χ1) is 9.17. The van der Waals surface area contributed by atoms with Crippen LogP contribution in [0.3, 0.4) is 0 Å². The number of nitrogens with zero attached hydrogens (tertiary/aromatic N) is 1. The quantitative estimate of drug-likeness (QED) is 0.887. The molecule has 1 aromatic rings. The first-order valence-electron chi connectivity index (χ1n) is 6.53. The number of rotatable bonds is 4. The van der Waals surface area contributed by atoms with Gasteiger partial charge in [-0.25, -0.2) is 0 Å². The molecule has 0 saturated heterocycles. The van der Waals surface area contributed by atoms with Gasteiger partial charge in [0, 0.05) is 23.5 Å². The number of anilines is 2. The fourth-order valence-electron chi connectivity index (χ4n) is 1.92. The van der Waals surface area contributed by atoms with Crippen molar-refractivity contribution in [1.29, 1.82) is 0 Å². The van der Waals surface area contributed by atoms with Gasteiger partial charge in [-0.3, -0.25) is 9.79 Å². The molecule has 1 heterocycles. The minimum atomic E-state index is -0.0566. The smallest absolute Gasteiger partial charge is 0.221 e. The molecule has 0 bridgehead atoms. The molecule has 0 fully saturated rings. The number of benzene rings is 1. The molecule has 1 atom stereocenters. The zero-order valence-electron chi connectivity index (χ0n) is 11.3. The molecule has 4 nitrogen and oxygen atoms in total. The van der Waals surface area contributed by atoms with Crippen LogP contribution in [0.25, 0.3) is 0 Å². The van der Waals surface area contributed by atoms with Crippen LogP contribution >= 0.6 is 11.8 Å². The summed E-state index contributed by atoms with van der Waals surface area (Å²) < 4.78 is 0. The van der Waals surface area contributed by atoms with Crippen molar-refractivity contribution in [1.82, 2.24) is 0 Å². The lowest BCUT2D eigenvalue weighted by Gasteiger charge is -2.08. The standard InChI is InChI=1S/C14H19N3OS/c1-3-4-13-9-15-14(19-13)17-12-7-5-11(6-8-12)16-10(2)18/h5-8,13H,3-4,9H2,1-2H3,(H,15,17)(H,16,18). The van der Waals surface area contributed by atoms with Crippen LogP contribution in [0.15, 0.2) is 29.3 Å². The van der Waals surface area contributed by atoms with E-state index in [-0.39, 0.29) is 5.91 Å². The summed E-state index contributed by atoms with van der Waals surface area (Å²) in [5.74, 6) is -0.0566. The topological polar surface area (TPSA) is 53.5 Å². The molecule has 2 rings (SSSR count). The summed E-state index contributed by atoms with van der Waals surface area (Å²) in [6, 6.07) is 7.66. The van der Waals surface area contributed by atoms with Crippen LogP contribution in [0.4, 0.5) is 11.4 Å². The summed E-state index contributed by atoms with van der Waals surface area (Å²) in [6.45, 7) is 4.61. The molecule has 0 saturated carbocycles. The van der Waals surface area contributed by atoms with Crippen molar-refractivity contribution in [2.75, 3.05) is 17.2 Å². The van der Waals surface area contributed by atoms with Gasteiger partial charge in [0.2, 0.25) is 5.91 Å². The Balaban J connectivity index is 1.88. The SMILES string of the molecule is CCCC1CN=C(Nc2ccc(NC(C)=O)cc2)S1. The van der Waals surface area contributed by atoms with E-state index in [2.05, 4.69) is 22.5 Å². The van der Waals surface area contributed by atoms with Crippen LogP contribution in [0.1, 0.15) is 26.7 Å². The van der Waals surface area contributed by atoms with Gasteiger partial charge < -0.3 is 10.6 Å². The number of aliphatic imine (C=N–C) groups is 1. The Morgan fingerprint density at radius 3 is 2.68 bits per heavy atom. The van der Waals surface area contributed by atoms with E-state index in [1.807, 2.05) is 36.0 Å². The van der Waals surface area contributed by atoms with Crippen LogP contribution in [0, 0.1) is 0 Å². The second kappa shape index (κ2) is 6.61. The largest absolute Gasteiger partial charge is 0.335 e. The van der Waals surface area contributed by atoms with Gasteiger partial charge in [0.05, 0.1) is 6.54 Å². The predicted octanol–water partition coefficient (Wildman–Crippen LogP) is 3.33. The molecule has 1 aromatic carbocycles. The number of carbonyl (C=O) groups excluding carboxylic acids is 1. The van der Waals surface area contributed by atoms with E-state index in [0.29, 0.717) is 5.25 Å². The third-order valence-corrected chi connectivity index (χ3v) is 3.96.